The number of ether oxygens (including phenoxy) is 1. The molecule has 0 saturated carbocycles. The van der Waals surface area contributed by atoms with Crippen LogP contribution in [0.25, 0.3) is 0 Å². The molecule has 3 saturated heterocycles. The number of esters is 1. The van der Waals surface area contributed by atoms with Gasteiger partial charge in [-0.3, -0.25) is 14.4 Å². The Hall–Kier alpha value is -2.58. The number of rotatable bonds is 12. The minimum atomic E-state index is -0.705. The topological polar surface area (TPSA) is 87.1 Å². The summed E-state index contributed by atoms with van der Waals surface area (Å²) in [6.45, 7) is 14.6. The van der Waals surface area contributed by atoms with Crippen LogP contribution >= 0.6 is 11.8 Å². The first-order valence-corrected chi connectivity index (χ1v) is 14.5. The number of carbonyl (C=O) groups is 3. The van der Waals surface area contributed by atoms with Gasteiger partial charge in [-0.05, 0) is 56.6 Å². The van der Waals surface area contributed by atoms with Gasteiger partial charge in [0.05, 0.1) is 16.6 Å². The quantitative estimate of drug-likeness (QED) is 0.245. The van der Waals surface area contributed by atoms with Crippen LogP contribution in [0, 0.1) is 31.6 Å². The number of para-hydroxylation sites is 1. The fourth-order valence-electron chi connectivity index (χ4n) is 6.92. The predicted octanol–water partition coefficient (Wildman–Crippen LogP) is 4.05. The average Bonchev–Trinajstić information content (AvgIpc) is 3.48. The maximum Gasteiger partial charge on any atom is 0.311 e. The summed E-state index contributed by atoms with van der Waals surface area (Å²) in [5.41, 5.74) is 2.81. The molecule has 0 aromatic heterocycles. The third kappa shape index (κ3) is 4.60. The van der Waals surface area contributed by atoms with Gasteiger partial charge >= 0.3 is 5.97 Å². The largest absolute Gasteiger partial charge is 0.461 e. The highest BCUT2D eigenvalue weighted by molar-refractivity contribution is 8.02. The molecule has 0 aliphatic carbocycles. The summed E-state index contributed by atoms with van der Waals surface area (Å²) >= 11 is 1.65. The van der Waals surface area contributed by atoms with Gasteiger partial charge in [0.1, 0.15) is 12.6 Å². The van der Waals surface area contributed by atoms with Gasteiger partial charge in [0.25, 0.3) is 5.91 Å². The number of carbonyl (C=O) groups excluding carboxylic acids is 3. The highest BCUT2D eigenvalue weighted by atomic mass is 32.2. The van der Waals surface area contributed by atoms with E-state index in [1.807, 2.05) is 32.0 Å². The first-order valence-electron chi connectivity index (χ1n) is 13.6. The molecule has 8 heteroatoms. The van der Waals surface area contributed by atoms with E-state index in [0.717, 1.165) is 29.7 Å². The number of thioether (sulfide) groups is 1. The zero-order valence-electron chi connectivity index (χ0n) is 22.7. The number of aliphatic hydroxyl groups excluding tert-OH is 1. The van der Waals surface area contributed by atoms with Crippen LogP contribution in [0.4, 0.5) is 5.69 Å². The number of hydrogen-bond acceptors (Lipinski definition) is 6. The summed E-state index contributed by atoms with van der Waals surface area (Å²) in [4.78, 5) is 45.6. The number of likely N-dealkylation sites (tertiary alicyclic amines) is 1. The number of nitrogens with zero attached hydrogens (tertiary/aromatic N) is 2. The minimum Gasteiger partial charge on any atom is -0.461 e. The van der Waals surface area contributed by atoms with E-state index in [1.54, 1.807) is 27.6 Å². The second-order valence-electron chi connectivity index (χ2n) is 10.8. The number of aryl methyl sites for hydroxylation is 2. The van der Waals surface area contributed by atoms with Crippen molar-refractivity contribution in [3.8, 4) is 0 Å². The lowest BCUT2D eigenvalue weighted by atomic mass is 9.66. The smallest absolute Gasteiger partial charge is 0.311 e. The number of amides is 2. The first kappa shape index (κ1) is 28.4. The highest BCUT2D eigenvalue weighted by Crippen LogP contribution is 2.68. The van der Waals surface area contributed by atoms with E-state index in [-0.39, 0.29) is 42.2 Å². The molecule has 206 valence electrons. The maximum absolute atomic E-state index is 14.7. The molecule has 3 unspecified atom stereocenters. The van der Waals surface area contributed by atoms with Gasteiger partial charge in [-0.15, -0.1) is 18.3 Å². The Kier molecular flexibility index (Phi) is 8.72. The summed E-state index contributed by atoms with van der Waals surface area (Å²) < 4.78 is 4.76. The number of aliphatic hydroxyl groups is 1. The van der Waals surface area contributed by atoms with Crippen LogP contribution in [-0.4, -0.2) is 70.1 Å². The van der Waals surface area contributed by atoms with Crippen molar-refractivity contribution in [2.45, 2.75) is 62.5 Å². The molecule has 6 atom stereocenters. The molecule has 7 nitrogen and oxygen atoms in total. The molecule has 3 aliphatic heterocycles. The van der Waals surface area contributed by atoms with Crippen molar-refractivity contribution in [3.63, 3.8) is 0 Å². The Balaban J connectivity index is 1.79. The molecule has 38 heavy (non-hydrogen) atoms. The summed E-state index contributed by atoms with van der Waals surface area (Å²) in [5, 5.41) is 9.21. The van der Waals surface area contributed by atoms with Crippen molar-refractivity contribution >= 4 is 35.2 Å². The minimum absolute atomic E-state index is 0.0591. The number of fused-ring (bicyclic) bond motifs is 1. The molecular weight excluding hydrogens is 500 g/mol. The Morgan fingerprint density at radius 3 is 2.55 bits per heavy atom. The van der Waals surface area contributed by atoms with Gasteiger partial charge in [-0.1, -0.05) is 43.9 Å². The Labute approximate surface area is 230 Å². The van der Waals surface area contributed by atoms with E-state index in [1.165, 1.54) is 6.08 Å². The third-order valence-corrected chi connectivity index (χ3v) is 10.5. The van der Waals surface area contributed by atoms with Crippen molar-refractivity contribution in [1.29, 1.82) is 0 Å². The fourth-order valence-corrected chi connectivity index (χ4v) is 9.32. The van der Waals surface area contributed by atoms with Gasteiger partial charge in [0.2, 0.25) is 5.91 Å². The molecular formula is C30H40N2O5S. The van der Waals surface area contributed by atoms with Crippen molar-refractivity contribution < 1.29 is 24.2 Å². The molecule has 0 radical (unpaired) electrons. The SMILES string of the molecule is C=CCOC(=O)[C@@H]1[C@H]2C(=O)N(CCCCCO)C(C(=O)N(CC=C)c3c(C)cccc3C)C23S[C@@H]1CC3C. The van der Waals surface area contributed by atoms with Crippen LogP contribution in [0.15, 0.2) is 43.5 Å². The zero-order chi connectivity index (χ0) is 27.6. The molecule has 1 spiro atoms. The van der Waals surface area contributed by atoms with Crippen LogP contribution in [0.5, 0.6) is 0 Å². The summed E-state index contributed by atoms with van der Waals surface area (Å²) in [6, 6.07) is 5.25. The van der Waals surface area contributed by atoms with E-state index in [9.17, 15) is 19.5 Å². The summed E-state index contributed by atoms with van der Waals surface area (Å²) in [6.07, 6.45) is 6.09. The lowest BCUT2D eigenvalue weighted by Crippen LogP contribution is -2.57. The second-order valence-corrected chi connectivity index (χ2v) is 12.3. The number of hydrogen-bond donors (Lipinski definition) is 1. The highest BCUT2D eigenvalue weighted by Gasteiger charge is 2.76. The third-order valence-electron chi connectivity index (χ3n) is 8.44. The van der Waals surface area contributed by atoms with Crippen LogP contribution < -0.4 is 4.90 Å². The van der Waals surface area contributed by atoms with Gasteiger partial charge in [0.15, 0.2) is 0 Å². The van der Waals surface area contributed by atoms with E-state index in [2.05, 4.69) is 20.1 Å². The molecule has 2 amide bonds. The van der Waals surface area contributed by atoms with E-state index >= 15 is 0 Å². The van der Waals surface area contributed by atoms with Crippen molar-refractivity contribution in [2.24, 2.45) is 17.8 Å². The fraction of sp³-hybridized carbons (Fsp3) is 0.567. The Bertz CT molecular complexity index is 1090. The van der Waals surface area contributed by atoms with Gasteiger partial charge in [-0.2, -0.15) is 0 Å². The number of anilines is 1. The van der Waals surface area contributed by atoms with Gasteiger partial charge < -0.3 is 19.6 Å². The van der Waals surface area contributed by atoms with Gasteiger partial charge in [-0.25, -0.2) is 0 Å². The molecule has 3 fully saturated rings. The molecule has 1 N–H and O–H groups in total. The zero-order valence-corrected chi connectivity index (χ0v) is 23.5. The van der Waals surface area contributed by atoms with E-state index in [0.29, 0.717) is 25.9 Å². The molecule has 2 bridgehead atoms. The lowest BCUT2D eigenvalue weighted by molar-refractivity contribution is -0.153. The standard InChI is InChI=1S/C30H40N2O5S/c1-6-14-31(25-19(3)12-11-13-20(25)4)28(35)26-30-21(5)18-22(38-30)23(29(36)37-17-7-2)24(30)27(34)32(26)15-9-8-10-16-33/h6-7,11-13,21-24,26,33H,1-2,8-10,14-18H2,3-5H3/t21?,22-,23+,24+,26?,30?/m1/s1. The number of benzene rings is 1. The molecule has 3 aliphatic rings. The molecule has 1 aromatic rings. The molecule has 1 aromatic carbocycles. The second kappa shape index (κ2) is 11.7. The van der Waals surface area contributed by atoms with E-state index in [4.69, 9.17) is 4.74 Å². The lowest BCUT2D eigenvalue weighted by Gasteiger charge is -2.41. The van der Waals surface area contributed by atoms with Crippen LogP contribution in [0.2, 0.25) is 0 Å². The Morgan fingerprint density at radius 2 is 1.92 bits per heavy atom. The summed E-state index contributed by atoms with van der Waals surface area (Å²) in [5.74, 6) is -1.73. The van der Waals surface area contributed by atoms with Crippen LogP contribution in [0.3, 0.4) is 0 Å². The maximum atomic E-state index is 14.7. The predicted molar refractivity (Wildman–Crippen MR) is 151 cm³/mol. The normalized spacial score (nSPS) is 29.3. The first-order chi connectivity index (χ1) is 18.2. The summed E-state index contributed by atoms with van der Waals surface area (Å²) in [7, 11) is 0. The van der Waals surface area contributed by atoms with Crippen molar-refractivity contribution in [2.75, 3.05) is 31.2 Å². The van der Waals surface area contributed by atoms with Gasteiger partial charge in [0, 0.05) is 30.6 Å². The van der Waals surface area contributed by atoms with Crippen molar-refractivity contribution in [1.82, 2.24) is 4.90 Å². The molecule has 4 rings (SSSR count). The van der Waals surface area contributed by atoms with Crippen LogP contribution in [-0.2, 0) is 19.1 Å². The number of unbranched alkanes of at least 4 members (excludes halogenated alkanes) is 2. The molecule has 3 heterocycles. The van der Waals surface area contributed by atoms with E-state index < -0.39 is 22.6 Å². The van der Waals surface area contributed by atoms with Crippen LogP contribution in [0.1, 0.15) is 43.7 Å². The van der Waals surface area contributed by atoms with Crippen molar-refractivity contribution in [3.05, 3.63) is 54.6 Å². The Morgan fingerprint density at radius 1 is 1.21 bits per heavy atom. The monoisotopic (exact) mass is 540 g/mol. The average molecular weight is 541 g/mol.